The number of halogens is 2. The number of rotatable bonds is 17. The standard InChI is InChI=1S/C62H68ClFN10O7S.C2H6/c1-6-53(78)73-22-21-71(31-42(73)15-18-65)59-47-29-48(63)55(46-27-43(75)26-41-9-7-8-10-45(41)46)56(64)57(47)67-61(68-59)80-24-23-70-19-16-62(17-20-70)33-72(34-62)52-30-51(81-69-52)54(36(2)3)60(79)74-32-44(76)28-49(74)50(77)25-37(4)39-11-13-40(14-12-39)58-38(5)66-35-82-58;1-2/h6-14,26,29-30,35-37,42-44,49,54,75-76H,1,15-17,19-25,27-28,31-34H2,2-5H3;1-2H3/t37-,42+,43-,44-,49+,54-;/m1./s1. The van der Waals surface area contributed by atoms with E-state index in [0.717, 1.165) is 71.2 Å². The van der Waals surface area contributed by atoms with Crippen LogP contribution in [-0.4, -0.2) is 152 Å². The number of fused-ring (bicyclic) bond motifs is 2. The van der Waals surface area contributed by atoms with Gasteiger partial charge in [-0.2, -0.15) is 15.2 Å². The van der Waals surface area contributed by atoms with Crippen LogP contribution >= 0.6 is 22.9 Å². The minimum absolute atomic E-state index is 0.00371. The van der Waals surface area contributed by atoms with Crippen molar-refractivity contribution in [1.29, 1.82) is 5.26 Å². The zero-order valence-corrected chi connectivity index (χ0v) is 50.2. The summed E-state index contributed by atoms with van der Waals surface area (Å²) in [6.45, 7) is 20.5. The number of ether oxygens (including phenoxy) is 1. The number of β-amino-alcohol motifs (C(OH)–C–C–N with tert-alkyl or cyclic N) is 1. The number of Topliss-reactive ketones (excluding diaryl/α,β-unsaturated/α-hetero) is 1. The fourth-order valence-electron chi connectivity index (χ4n) is 12.9. The molecule has 3 aromatic heterocycles. The van der Waals surface area contributed by atoms with Crippen molar-refractivity contribution in [3.05, 3.63) is 123 Å². The number of ketones is 1. The van der Waals surface area contributed by atoms with Crippen LogP contribution in [0.2, 0.25) is 5.02 Å². The number of hydrogen-bond acceptors (Lipinski definition) is 16. The SMILES string of the molecule is C=CC(=O)N1CCN(c2nc(OCCN3CCC4(CC3)CN(c3cc([C@H](C(=O)N5C[C@H](O)C[C@H]5C(=O)C[C@@H](C)c5ccc(-c6scnc6C)cc5)C(C)C)on3)C4)nc3c(F)c(C4=c5ccccc5=C[C@@H](O)C4)c(Cl)cc23)C[C@@H]1CC#N.CC. The van der Waals surface area contributed by atoms with Gasteiger partial charge in [-0.25, -0.2) is 9.37 Å². The quantitative estimate of drug-likeness (QED) is 0.0827. The third kappa shape index (κ3) is 12.2. The number of amides is 2. The first kappa shape index (κ1) is 60.1. The first-order valence-corrected chi connectivity index (χ1v) is 30.6. The van der Waals surface area contributed by atoms with E-state index in [4.69, 9.17) is 25.8 Å². The third-order valence-electron chi connectivity index (χ3n) is 17.4. The second-order valence-electron chi connectivity index (χ2n) is 23.2. The van der Waals surface area contributed by atoms with Gasteiger partial charge in [0.15, 0.2) is 23.2 Å². The highest BCUT2D eigenvalue weighted by molar-refractivity contribution is 7.13. The highest BCUT2D eigenvalue weighted by Gasteiger charge is 2.47. The second kappa shape index (κ2) is 25.6. The van der Waals surface area contributed by atoms with Gasteiger partial charge in [0.1, 0.15) is 23.9 Å². The lowest BCUT2D eigenvalue weighted by Gasteiger charge is -2.54. The maximum absolute atomic E-state index is 17.3. The number of aliphatic hydroxyl groups is 2. The van der Waals surface area contributed by atoms with Gasteiger partial charge in [0.05, 0.1) is 57.9 Å². The van der Waals surface area contributed by atoms with E-state index >= 15 is 4.39 Å². The summed E-state index contributed by atoms with van der Waals surface area (Å²) in [6, 6.07) is 20.2. The summed E-state index contributed by atoms with van der Waals surface area (Å²) in [5, 5.41) is 38.0. The fraction of sp³-hybridized carbons (Fsp3) is 0.469. The molecule has 6 aromatic rings. The number of aryl methyl sites for hydroxylation is 1. The van der Waals surface area contributed by atoms with Crippen molar-refractivity contribution >= 4 is 74.7 Å². The van der Waals surface area contributed by atoms with Crippen molar-refractivity contribution in [1.82, 2.24) is 34.8 Å². The second-order valence-corrected chi connectivity index (χ2v) is 24.4. The lowest BCUT2D eigenvalue weighted by molar-refractivity contribution is -0.140. The smallest absolute Gasteiger partial charge is 0.319 e. The van der Waals surface area contributed by atoms with Gasteiger partial charge in [-0.3, -0.25) is 19.3 Å². The van der Waals surface area contributed by atoms with Crippen molar-refractivity contribution in [2.75, 3.05) is 75.3 Å². The van der Waals surface area contributed by atoms with Crippen LogP contribution in [0.1, 0.15) is 108 Å². The average molecular weight is 1180 g/mol. The molecule has 6 atom stereocenters. The summed E-state index contributed by atoms with van der Waals surface area (Å²) in [4.78, 5) is 66.0. The van der Waals surface area contributed by atoms with Gasteiger partial charge in [0.25, 0.3) is 0 Å². The number of aromatic nitrogens is 4. The van der Waals surface area contributed by atoms with E-state index in [1.54, 1.807) is 33.3 Å². The molecule has 84 heavy (non-hydrogen) atoms. The lowest BCUT2D eigenvalue weighted by atomic mass is 9.72. The first-order valence-electron chi connectivity index (χ1n) is 29.3. The number of anilines is 2. The van der Waals surface area contributed by atoms with Crippen molar-refractivity contribution < 1.29 is 38.2 Å². The zero-order chi connectivity index (χ0) is 59.6. The zero-order valence-electron chi connectivity index (χ0n) is 48.6. The molecule has 0 radical (unpaired) electrons. The molecule has 5 aliphatic rings. The van der Waals surface area contributed by atoms with Crippen LogP contribution in [0.15, 0.2) is 83.4 Å². The van der Waals surface area contributed by atoms with E-state index in [2.05, 4.69) is 49.7 Å². The molecule has 442 valence electrons. The molecule has 7 heterocycles. The maximum Gasteiger partial charge on any atom is 0.319 e. The molecule has 1 aliphatic carbocycles. The Bertz CT molecular complexity index is 3590. The summed E-state index contributed by atoms with van der Waals surface area (Å²) in [5.74, 6) is -0.726. The molecule has 20 heteroatoms. The van der Waals surface area contributed by atoms with Gasteiger partial charge in [-0.1, -0.05) is 106 Å². The molecule has 0 saturated carbocycles. The molecule has 11 rings (SSSR count). The van der Waals surface area contributed by atoms with Gasteiger partial charge in [0, 0.05) is 87.5 Å². The number of piperazine rings is 1. The van der Waals surface area contributed by atoms with E-state index in [-0.39, 0.29) is 109 Å². The number of nitrogens with zero attached hydrogens (tertiary/aromatic N) is 10. The predicted octanol–water partition coefficient (Wildman–Crippen LogP) is 8.17. The molecular formula is C64H74ClFN10O7S. The minimum Gasteiger partial charge on any atom is -0.462 e. The fourth-order valence-corrected chi connectivity index (χ4v) is 14.0. The van der Waals surface area contributed by atoms with Crippen molar-refractivity contribution in [2.45, 2.75) is 116 Å². The normalized spacial score (nSPS) is 21.0. The predicted molar refractivity (Wildman–Crippen MR) is 324 cm³/mol. The Morgan fingerprint density at radius 1 is 1.00 bits per heavy atom. The molecule has 2 amide bonds. The third-order valence-corrected chi connectivity index (χ3v) is 18.7. The number of benzene rings is 3. The number of carbonyl (C=O) groups excluding carboxylic acids is 3. The number of nitriles is 1. The van der Waals surface area contributed by atoms with Gasteiger partial charge in [-0.15, -0.1) is 11.3 Å². The number of hydrogen-bond donors (Lipinski definition) is 2. The molecule has 17 nitrogen and oxygen atoms in total. The molecule has 0 bridgehead atoms. The molecule has 2 N–H and O–H groups in total. The number of likely N-dealkylation sites (tertiary alicyclic amines) is 2. The Balaban J connectivity index is 0.00000389. The number of carbonyl (C=O) groups is 3. The Hall–Kier alpha value is -7.08. The molecular weight excluding hydrogens is 1110 g/mol. The summed E-state index contributed by atoms with van der Waals surface area (Å²) in [6.07, 6.45) is 3.86. The summed E-state index contributed by atoms with van der Waals surface area (Å²) >= 11 is 8.61. The largest absolute Gasteiger partial charge is 0.462 e. The Morgan fingerprint density at radius 3 is 2.45 bits per heavy atom. The molecule has 1 spiro atoms. The van der Waals surface area contributed by atoms with Crippen molar-refractivity contribution in [3.8, 4) is 22.5 Å². The van der Waals surface area contributed by atoms with Gasteiger partial charge in [-0.05, 0) is 90.0 Å². The van der Waals surface area contributed by atoms with Crippen molar-refractivity contribution in [2.24, 2.45) is 11.3 Å². The average Bonchev–Trinajstić information content (AvgIpc) is 3.13. The summed E-state index contributed by atoms with van der Waals surface area (Å²) in [5.41, 5.74) is 5.72. The van der Waals surface area contributed by atoms with Gasteiger partial charge in [0.2, 0.25) is 11.8 Å². The van der Waals surface area contributed by atoms with E-state index in [0.29, 0.717) is 41.4 Å². The first-order chi connectivity index (χ1) is 40.5. The lowest BCUT2D eigenvalue weighted by Crippen LogP contribution is -2.60. The number of thiazole rings is 1. The molecule has 4 saturated heterocycles. The highest BCUT2D eigenvalue weighted by Crippen LogP contribution is 2.44. The highest BCUT2D eigenvalue weighted by atomic mass is 35.5. The number of aliphatic hydroxyl groups excluding tert-OH is 2. The molecule has 3 aromatic carbocycles. The van der Waals surface area contributed by atoms with Crippen LogP contribution in [0, 0.1) is 35.4 Å². The van der Waals surface area contributed by atoms with Crippen LogP contribution in [0.3, 0.4) is 0 Å². The van der Waals surface area contributed by atoms with Gasteiger partial charge < -0.3 is 39.1 Å². The van der Waals surface area contributed by atoms with E-state index in [1.165, 1.54) is 6.08 Å². The topological polar surface area (TPSA) is 206 Å². The molecule has 4 aliphatic heterocycles. The van der Waals surface area contributed by atoms with E-state index in [9.17, 15) is 29.9 Å². The van der Waals surface area contributed by atoms with Crippen LogP contribution in [0.4, 0.5) is 16.0 Å². The Labute approximate surface area is 498 Å². The molecule has 4 fully saturated rings. The van der Waals surface area contributed by atoms with Crippen LogP contribution < -0.4 is 25.0 Å². The minimum atomic E-state index is -0.846. The summed E-state index contributed by atoms with van der Waals surface area (Å²) < 4.78 is 29.6. The Kier molecular flexibility index (Phi) is 18.3. The maximum atomic E-state index is 17.3. The summed E-state index contributed by atoms with van der Waals surface area (Å²) in [7, 11) is 0. The van der Waals surface area contributed by atoms with Crippen LogP contribution in [0.5, 0.6) is 6.01 Å². The Morgan fingerprint density at radius 2 is 1.75 bits per heavy atom. The number of piperidine rings is 1. The van der Waals surface area contributed by atoms with Gasteiger partial charge >= 0.3 is 6.01 Å². The monoisotopic (exact) mass is 1180 g/mol. The van der Waals surface area contributed by atoms with Crippen LogP contribution in [0.25, 0.3) is 33.0 Å². The van der Waals surface area contributed by atoms with Crippen molar-refractivity contribution in [3.63, 3.8) is 0 Å². The van der Waals surface area contributed by atoms with E-state index < -0.39 is 36.0 Å². The van der Waals surface area contributed by atoms with Crippen LogP contribution in [-0.2, 0) is 14.4 Å². The van der Waals surface area contributed by atoms with E-state index in [1.807, 2.05) is 94.4 Å². The molecule has 0 unspecified atom stereocenters.